The molecular formula is C55H63ClN6O16S2. The summed E-state index contributed by atoms with van der Waals surface area (Å²) in [5.41, 5.74) is 1.57. The number of aliphatic hydroxyl groups is 1. The molecule has 0 aromatic heterocycles. The van der Waals surface area contributed by atoms with Crippen LogP contribution in [0.15, 0.2) is 105 Å². The van der Waals surface area contributed by atoms with E-state index in [4.69, 9.17) is 35.3 Å². The highest BCUT2D eigenvalue weighted by Crippen LogP contribution is 2.49. The van der Waals surface area contributed by atoms with E-state index in [-0.39, 0.29) is 42.3 Å². The van der Waals surface area contributed by atoms with Gasteiger partial charge in [0.25, 0.3) is 27.8 Å². The van der Waals surface area contributed by atoms with Crippen molar-refractivity contribution in [1.29, 1.82) is 0 Å². The van der Waals surface area contributed by atoms with Crippen molar-refractivity contribution < 1.29 is 75.3 Å². The van der Waals surface area contributed by atoms with Crippen LogP contribution in [0.3, 0.4) is 0 Å². The molecule has 25 heteroatoms. The number of carbonyl (C=O) groups excluding carboxylic acids is 7. The standard InChI is InChI=1S/C55H63ClN6O16S2/c1-31-12-11-13-43(75-7)55(70)29-41(76-53(69)58-55)32(2)51-54(4,78-51)44(28-48(66)61(5)39-25-34(24-31)26-40(74-6)50(39)56)77-49(67)30-79-37-18-15-35(16-19-37)33(3)59-60-52(68)38-20-17-36(27-42(38)80(71,72)73)57-45(63)14-9-8-10-23-62-46(64)21-22-47(62)65/h11-13,15-22,25-27,32,41,43-44,51,70H,8-10,14,23-24,28-30H2,1-7H3,(H,57,63)(H,58,69)(H,60,68)(H,71,72,73)/b13-11+,31-12+,59-33+/t32-,41+,43-,44+,51+,54+,55+/m1/s1. The Morgan fingerprint density at radius 2 is 1.73 bits per heavy atom. The number of rotatable bonds is 17. The summed E-state index contributed by atoms with van der Waals surface area (Å²) in [5.74, 6) is -3.82. The van der Waals surface area contributed by atoms with Crippen molar-refractivity contribution in [2.24, 2.45) is 11.0 Å². The third-order valence-corrected chi connectivity index (χ3v) is 16.4. The van der Waals surface area contributed by atoms with Crippen LogP contribution in [-0.4, -0.2) is 140 Å². The Bertz CT molecular complexity index is 3150. The number of fused-ring (bicyclic) bond motifs is 5. The van der Waals surface area contributed by atoms with Gasteiger partial charge in [-0.3, -0.25) is 43.5 Å². The third kappa shape index (κ3) is 14.7. The number of nitrogens with one attached hydrogen (secondary N) is 3. The summed E-state index contributed by atoms with van der Waals surface area (Å²) in [6.45, 7) is 7.17. The Kier molecular flexibility index (Phi) is 19.5. The molecule has 22 nitrogen and oxygen atoms in total. The number of ether oxygens (including phenoxy) is 5. The summed E-state index contributed by atoms with van der Waals surface area (Å²) in [6.07, 6.45) is 4.39. The smallest absolute Gasteiger partial charge is 0.409 e. The van der Waals surface area contributed by atoms with E-state index in [2.05, 4.69) is 21.2 Å². The number of unbranched alkanes of at least 4 members (excludes halogenated alkanes) is 2. The molecule has 4 bridgehead atoms. The molecule has 0 aliphatic carbocycles. The molecule has 2 saturated heterocycles. The van der Waals surface area contributed by atoms with Gasteiger partial charge < -0.3 is 39.0 Å². The van der Waals surface area contributed by atoms with Crippen LogP contribution in [-0.2, 0) is 59.5 Å². The van der Waals surface area contributed by atoms with Gasteiger partial charge in [0, 0.05) is 62.2 Å². The predicted molar refractivity (Wildman–Crippen MR) is 295 cm³/mol. The van der Waals surface area contributed by atoms with Crippen molar-refractivity contribution >= 4 is 92.2 Å². The summed E-state index contributed by atoms with van der Waals surface area (Å²) in [7, 11) is -0.536. The number of halogens is 1. The number of allylic oxidation sites excluding steroid dienone is 3. The average molecular weight is 1160 g/mol. The Labute approximate surface area is 472 Å². The number of thioether (sulfide) groups is 1. The van der Waals surface area contributed by atoms with Gasteiger partial charge in [0.2, 0.25) is 11.8 Å². The van der Waals surface area contributed by atoms with E-state index in [1.165, 1.54) is 37.3 Å². The zero-order chi connectivity index (χ0) is 58.3. The number of anilines is 2. The fourth-order valence-corrected chi connectivity index (χ4v) is 11.3. The van der Waals surface area contributed by atoms with E-state index in [1.54, 1.807) is 76.4 Å². The van der Waals surface area contributed by atoms with Crippen LogP contribution in [0, 0.1) is 5.92 Å². The first-order chi connectivity index (χ1) is 37.8. The first-order valence-electron chi connectivity index (χ1n) is 25.4. The highest BCUT2D eigenvalue weighted by Gasteiger charge is 2.64. The zero-order valence-electron chi connectivity index (χ0n) is 45.0. The van der Waals surface area contributed by atoms with Gasteiger partial charge >= 0.3 is 12.1 Å². The first-order valence-corrected chi connectivity index (χ1v) is 28.3. The third-order valence-electron chi connectivity index (χ3n) is 14.2. The number of benzene rings is 3. The normalized spacial score (nSPS) is 25.4. The lowest BCUT2D eigenvalue weighted by molar-refractivity contribution is -0.150. The van der Waals surface area contributed by atoms with Gasteiger partial charge in [0.05, 0.1) is 42.3 Å². The molecule has 0 radical (unpaired) electrons. The molecule has 80 heavy (non-hydrogen) atoms. The molecule has 3 aromatic carbocycles. The number of esters is 1. The molecule has 0 saturated carbocycles. The highest BCUT2D eigenvalue weighted by molar-refractivity contribution is 8.00. The van der Waals surface area contributed by atoms with Crippen molar-refractivity contribution in [3.63, 3.8) is 0 Å². The van der Waals surface area contributed by atoms with Gasteiger partial charge in [0.15, 0.2) is 5.72 Å². The number of carbonyl (C=O) groups is 7. The van der Waals surface area contributed by atoms with Crippen LogP contribution < -0.4 is 25.7 Å². The van der Waals surface area contributed by atoms with Gasteiger partial charge in [-0.15, -0.1) is 11.8 Å². The topological polar surface area (TPSA) is 298 Å². The molecule has 6 amide bonds. The molecule has 7 atom stereocenters. The van der Waals surface area contributed by atoms with Crippen LogP contribution >= 0.6 is 23.4 Å². The summed E-state index contributed by atoms with van der Waals surface area (Å²) >= 11 is 7.95. The highest BCUT2D eigenvalue weighted by atomic mass is 35.5. The summed E-state index contributed by atoms with van der Waals surface area (Å²) in [5, 5.41) is 21.2. The molecule has 7 rings (SSSR count). The largest absolute Gasteiger partial charge is 0.495 e. The van der Waals surface area contributed by atoms with Crippen molar-refractivity contribution in [3.05, 3.63) is 112 Å². The molecule has 4 heterocycles. The molecule has 428 valence electrons. The minimum absolute atomic E-state index is 0.00391. The second-order valence-electron chi connectivity index (χ2n) is 19.9. The van der Waals surface area contributed by atoms with Crippen molar-refractivity contribution in [1.82, 2.24) is 15.6 Å². The van der Waals surface area contributed by atoms with E-state index in [0.29, 0.717) is 53.3 Å². The number of epoxide rings is 1. The van der Waals surface area contributed by atoms with Crippen LogP contribution in [0.2, 0.25) is 5.02 Å². The lowest BCUT2D eigenvalue weighted by Crippen LogP contribution is -2.63. The van der Waals surface area contributed by atoms with E-state index < -0.39 is 104 Å². The van der Waals surface area contributed by atoms with Crippen LogP contribution in [0.1, 0.15) is 87.7 Å². The number of imide groups is 1. The summed E-state index contributed by atoms with van der Waals surface area (Å²) in [6, 6.07) is 13.6. The maximum Gasteiger partial charge on any atom is 0.409 e. The van der Waals surface area contributed by atoms with Crippen molar-refractivity contribution in [3.8, 4) is 5.75 Å². The lowest BCUT2D eigenvalue weighted by atomic mass is 9.83. The Hall–Kier alpha value is -6.93. The molecule has 2 fully saturated rings. The average Bonchev–Trinajstić information content (AvgIpc) is 4.08. The quantitative estimate of drug-likeness (QED) is 0.0145. The summed E-state index contributed by atoms with van der Waals surface area (Å²) < 4.78 is 64.2. The van der Waals surface area contributed by atoms with Gasteiger partial charge in [-0.05, 0) is 93.6 Å². The van der Waals surface area contributed by atoms with Crippen LogP contribution in [0.4, 0.5) is 16.2 Å². The number of hydrazone groups is 1. The van der Waals surface area contributed by atoms with Gasteiger partial charge in [-0.25, -0.2) is 10.2 Å². The molecule has 3 aromatic rings. The second-order valence-corrected chi connectivity index (χ2v) is 22.8. The van der Waals surface area contributed by atoms with E-state index in [1.807, 2.05) is 13.0 Å². The monoisotopic (exact) mass is 1160 g/mol. The minimum atomic E-state index is -4.97. The molecule has 4 aliphatic heterocycles. The number of alkyl carbamates (subject to hydrolysis) is 1. The maximum absolute atomic E-state index is 14.3. The molecule has 0 unspecified atom stereocenters. The van der Waals surface area contributed by atoms with Crippen LogP contribution in [0.25, 0.3) is 0 Å². The zero-order valence-corrected chi connectivity index (χ0v) is 47.4. The number of nitrogens with zero attached hydrogens (tertiary/aromatic N) is 3. The molecule has 4 aliphatic rings. The van der Waals surface area contributed by atoms with Crippen LogP contribution in [0.5, 0.6) is 5.75 Å². The van der Waals surface area contributed by atoms with Gasteiger partial charge in [0.1, 0.15) is 39.6 Å². The van der Waals surface area contributed by atoms with E-state index in [0.717, 1.165) is 39.9 Å². The Morgan fingerprint density at radius 3 is 2.40 bits per heavy atom. The van der Waals surface area contributed by atoms with Crippen molar-refractivity contribution in [2.75, 3.05) is 43.8 Å². The summed E-state index contributed by atoms with van der Waals surface area (Å²) in [4.78, 5) is 92.8. The predicted octanol–water partition coefficient (Wildman–Crippen LogP) is 6.28. The number of hydrogen-bond acceptors (Lipinski definition) is 17. The lowest BCUT2D eigenvalue weighted by Gasteiger charge is -2.42. The van der Waals surface area contributed by atoms with E-state index >= 15 is 0 Å². The number of amides is 6. The molecule has 5 N–H and O–H groups in total. The number of hydrogen-bond donors (Lipinski definition) is 5. The fraction of sp³-hybridized carbons (Fsp3) is 0.418. The Morgan fingerprint density at radius 1 is 1.01 bits per heavy atom. The SMILES string of the molecule is COc1cc2cc(c1Cl)N(C)C(=O)C[C@H](OC(=O)CSc1ccc(/C(C)=N/NC(=O)c3ccc(NC(=O)CCCCCN4C(=O)C=CC4=O)cc3S(=O)(=O)O)cc1)[C@]1(C)O[C@H]1[C@H](C)[C@@H]1C[C@@](O)(NC(=O)O1)[C@H](OC)/C=C/C=C(\C)C2. The maximum atomic E-state index is 14.3. The Balaban J connectivity index is 0.997. The second kappa shape index (κ2) is 25.7. The molecular weight excluding hydrogens is 1100 g/mol. The molecule has 0 spiro atoms. The van der Waals surface area contributed by atoms with Gasteiger partial charge in [-0.2, -0.15) is 13.5 Å². The van der Waals surface area contributed by atoms with Crippen molar-refractivity contribution in [2.45, 2.75) is 118 Å². The van der Waals surface area contributed by atoms with E-state index in [9.17, 15) is 51.6 Å². The van der Waals surface area contributed by atoms with Gasteiger partial charge in [-0.1, -0.05) is 60.9 Å². The first kappa shape index (κ1) is 60.7. The minimum Gasteiger partial charge on any atom is -0.495 e. The fourth-order valence-electron chi connectivity index (χ4n) is 9.60. The number of methoxy groups -OCH3 is 2.